The zero-order chi connectivity index (χ0) is 14.3. The monoisotopic (exact) mass is 267 g/mol. The van der Waals surface area contributed by atoms with Crippen molar-refractivity contribution in [2.45, 2.75) is 6.92 Å². The Balaban J connectivity index is 2.35. The second-order valence-electron chi connectivity index (χ2n) is 4.66. The zero-order valence-corrected chi connectivity index (χ0v) is 11.7. The number of ether oxygens (including phenoxy) is 1. The van der Waals surface area contributed by atoms with Gasteiger partial charge in [0.05, 0.1) is 18.1 Å². The maximum absolute atomic E-state index is 10.7. The molecule has 0 spiro atoms. The van der Waals surface area contributed by atoms with E-state index in [9.17, 15) is 10.1 Å². The van der Waals surface area contributed by atoms with Crippen molar-refractivity contribution in [3.8, 4) is 0 Å². The second kappa shape index (κ2) is 7.70. The smallest absolute Gasteiger partial charge is 0.271 e. The third kappa shape index (κ3) is 6.17. The Morgan fingerprint density at radius 3 is 2.68 bits per heavy atom. The summed E-state index contributed by atoms with van der Waals surface area (Å²) < 4.78 is 5.44. The molecule has 0 bridgehead atoms. The van der Waals surface area contributed by atoms with Gasteiger partial charge in [-0.1, -0.05) is 0 Å². The molecule has 1 aromatic carbocycles. The fraction of sp³-hybridized carbons (Fsp3) is 0.538. The van der Waals surface area contributed by atoms with Crippen molar-refractivity contribution in [3.63, 3.8) is 0 Å². The molecule has 0 amide bonds. The Morgan fingerprint density at radius 1 is 1.32 bits per heavy atom. The van der Waals surface area contributed by atoms with E-state index in [1.54, 1.807) is 6.07 Å². The van der Waals surface area contributed by atoms with Gasteiger partial charge < -0.3 is 15.0 Å². The first-order valence-electron chi connectivity index (χ1n) is 6.21. The number of aryl methyl sites for hydroxylation is 1. The largest absolute Gasteiger partial charge is 0.383 e. The maximum atomic E-state index is 10.7. The molecule has 0 aromatic heterocycles. The van der Waals surface area contributed by atoms with Gasteiger partial charge in [-0.3, -0.25) is 10.1 Å². The highest BCUT2D eigenvalue weighted by Gasteiger charge is 2.07. The van der Waals surface area contributed by atoms with Gasteiger partial charge in [-0.15, -0.1) is 0 Å². The third-order valence-corrected chi connectivity index (χ3v) is 2.53. The number of hydrogen-bond acceptors (Lipinski definition) is 5. The highest BCUT2D eigenvalue weighted by molar-refractivity contribution is 5.53. The van der Waals surface area contributed by atoms with Crippen LogP contribution in [0, 0.1) is 17.0 Å². The molecule has 0 saturated carbocycles. The van der Waals surface area contributed by atoms with Crippen molar-refractivity contribution in [2.24, 2.45) is 0 Å². The van der Waals surface area contributed by atoms with Gasteiger partial charge >= 0.3 is 0 Å². The summed E-state index contributed by atoms with van der Waals surface area (Å²) in [4.78, 5) is 12.4. The number of hydrogen-bond donors (Lipinski definition) is 1. The molecule has 1 rings (SSSR count). The average molecular weight is 267 g/mol. The number of nitro benzene ring substituents is 1. The molecule has 6 nitrogen and oxygen atoms in total. The van der Waals surface area contributed by atoms with Gasteiger partial charge in [0.15, 0.2) is 0 Å². The molecule has 0 atom stereocenters. The summed E-state index contributed by atoms with van der Waals surface area (Å²) >= 11 is 0. The van der Waals surface area contributed by atoms with Crippen LogP contribution in [0.1, 0.15) is 5.56 Å². The molecule has 0 fully saturated rings. The normalized spacial score (nSPS) is 10.7. The summed E-state index contributed by atoms with van der Waals surface area (Å²) in [5.74, 6) is 0. The fourth-order valence-corrected chi connectivity index (χ4v) is 1.59. The van der Waals surface area contributed by atoms with Gasteiger partial charge in [-0.25, -0.2) is 0 Å². The third-order valence-electron chi connectivity index (χ3n) is 2.53. The van der Waals surface area contributed by atoms with E-state index in [1.165, 1.54) is 6.07 Å². The standard InChI is InChI=1S/C13H21N3O3/c1-11-8-12(10-13(9-11)16(17)18)14-4-6-19-7-5-15(2)3/h8-10,14H,4-7H2,1-3H3. The van der Waals surface area contributed by atoms with Gasteiger partial charge in [-0.2, -0.15) is 0 Å². The summed E-state index contributed by atoms with van der Waals surface area (Å²) in [7, 11) is 3.99. The van der Waals surface area contributed by atoms with Crippen LogP contribution in [-0.2, 0) is 4.74 Å². The van der Waals surface area contributed by atoms with Gasteiger partial charge in [0.1, 0.15) is 0 Å². The number of likely N-dealkylation sites (N-methyl/N-ethyl adjacent to an activating group) is 1. The van der Waals surface area contributed by atoms with Crippen molar-refractivity contribution in [1.29, 1.82) is 0 Å². The molecule has 106 valence electrons. The molecule has 0 heterocycles. The lowest BCUT2D eigenvalue weighted by Gasteiger charge is -2.11. The Kier molecular flexibility index (Phi) is 6.24. The summed E-state index contributed by atoms with van der Waals surface area (Å²) in [6, 6.07) is 4.97. The number of benzene rings is 1. The van der Waals surface area contributed by atoms with Crippen LogP contribution in [0.15, 0.2) is 18.2 Å². The van der Waals surface area contributed by atoms with Crippen molar-refractivity contribution < 1.29 is 9.66 Å². The van der Waals surface area contributed by atoms with Crippen molar-refractivity contribution in [1.82, 2.24) is 4.90 Å². The minimum absolute atomic E-state index is 0.107. The van der Waals surface area contributed by atoms with E-state index in [1.807, 2.05) is 27.1 Å². The molecule has 0 aliphatic heterocycles. The zero-order valence-electron chi connectivity index (χ0n) is 11.7. The first-order chi connectivity index (χ1) is 8.99. The van der Waals surface area contributed by atoms with E-state index >= 15 is 0 Å². The number of nitrogens with one attached hydrogen (secondary N) is 1. The van der Waals surface area contributed by atoms with Gasteiger partial charge in [0.2, 0.25) is 0 Å². The van der Waals surface area contributed by atoms with E-state index in [4.69, 9.17) is 4.74 Å². The molecule has 0 aliphatic rings. The number of nitro groups is 1. The summed E-state index contributed by atoms with van der Waals surface area (Å²) in [5.41, 5.74) is 1.73. The Labute approximate surface area is 113 Å². The summed E-state index contributed by atoms with van der Waals surface area (Å²) in [6.45, 7) is 4.62. The van der Waals surface area contributed by atoms with Crippen LogP contribution in [0.25, 0.3) is 0 Å². The fourth-order valence-electron chi connectivity index (χ4n) is 1.59. The quantitative estimate of drug-likeness (QED) is 0.442. The SMILES string of the molecule is Cc1cc(NCCOCCN(C)C)cc([N+](=O)[O-])c1. The molecule has 1 aromatic rings. The van der Waals surface area contributed by atoms with E-state index in [0.29, 0.717) is 19.8 Å². The summed E-state index contributed by atoms with van der Waals surface area (Å²) in [6.07, 6.45) is 0. The maximum Gasteiger partial charge on any atom is 0.271 e. The van der Waals surface area contributed by atoms with Crippen LogP contribution in [0.4, 0.5) is 11.4 Å². The minimum atomic E-state index is -0.383. The van der Waals surface area contributed by atoms with Crippen LogP contribution < -0.4 is 5.32 Å². The molecule has 1 N–H and O–H groups in total. The number of nitrogens with zero attached hydrogens (tertiary/aromatic N) is 2. The lowest BCUT2D eigenvalue weighted by Crippen LogP contribution is -2.20. The predicted molar refractivity (Wildman–Crippen MR) is 75.7 cm³/mol. The first-order valence-corrected chi connectivity index (χ1v) is 6.21. The van der Waals surface area contributed by atoms with E-state index in [-0.39, 0.29) is 10.6 Å². The van der Waals surface area contributed by atoms with Crippen LogP contribution in [0.2, 0.25) is 0 Å². The van der Waals surface area contributed by atoms with Crippen molar-refractivity contribution >= 4 is 11.4 Å². The molecule has 0 saturated heterocycles. The predicted octanol–water partition coefficient (Wildman–Crippen LogP) is 1.89. The Bertz CT molecular complexity index is 422. The highest BCUT2D eigenvalue weighted by Crippen LogP contribution is 2.20. The first kappa shape index (κ1) is 15.4. The molecule has 6 heteroatoms. The summed E-state index contributed by atoms with van der Waals surface area (Å²) in [5, 5.41) is 13.9. The van der Waals surface area contributed by atoms with Crippen molar-refractivity contribution in [3.05, 3.63) is 33.9 Å². The van der Waals surface area contributed by atoms with Crippen LogP contribution >= 0.6 is 0 Å². The van der Waals surface area contributed by atoms with Gasteiger partial charge in [0, 0.05) is 30.9 Å². The van der Waals surface area contributed by atoms with Crippen LogP contribution in [0.3, 0.4) is 0 Å². The molecular formula is C13H21N3O3. The Morgan fingerprint density at radius 2 is 2.05 bits per heavy atom. The molecule has 19 heavy (non-hydrogen) atoms. The Hall–Kier alpha value is -1.66. The van der Waals surface area contributed by atoms with Gasteiger partial charge in [-0.05, 0) is 32.6 Å². The molecular weight excluding hydrogens is 246 g/mol. The topological polar surface area (TPSA) is 67.6 Å². The highest BCUT2D eigenvalue weighted by atomic mass is 16.6. The lowest BCUT2D eigenvalue weighted by atomic mass is 10.2. The van der Waals surface area contributed by atoms with Crippen LogP contribution in [-0.4, -0.2) is 50.2 Å². The molecule has 0 radical (unpaired) electrons. The molecule has 0 aliphatic carbocycles. The average Bonchev–Trinajstić information content (AvgIpc) is 2.32. The number of anilines is 1. The minimum Gasteiger partial charge on any atom is -0.383 e. The van der Waals surface area contributed by atoms with E-state index < -0.39 is 0 Å². The second-order valence-corrected chi connectivity index (χ2v) is 4.66. The number of rotatable bonds is 8. The number of non-ortho nitro benzene ring substituents is 1. The van der Waals surface area contributed by atoms with E-state index in [0.717, 1.165) is 17.8 Å². The lowest BCUT2D eigenvalue weighted by molar-refractivity contribution is -0.384. The van der Waals surface area contributed by atoms with Gasteiger partial charge in [0.25, 0.3) is 5.69 Å². The molecule has 0 unspecified atom stereocenters. The van der Waals surface area contributed by atoms with Crippen LogP contribution in [0.5, 0.6) is 0 Å². The van der Waals surface area contributed by atoms with E-state index in [2.05, 4.69) is 10.2 Å². The van der Waals surface area contributed by atoms with Crippen molar-refractivity contribution in [2.75, 3.05) is 45.7 Å².